The number of aryl methyl sites for hydroxylation is 2. The molecule has 1 N–H and O–H groups in total. The van der Waals surface area contributed by atoms with Crippen molar-refractivity contribution >= 4 is 21.4 Å². The highest BCUT2D eigenvalue weighted by atomic mass is 32.1. The van der Waals surface area contributed by atoms with E-state index in [1.54, 1.807) is 11.3 Å². The Bertz CT molecular complexity index is 711. The van der Waals surface area contributed by atoms with E-state index in [9.17, 15) is 5.11 Å². The van der Waals surface area contributed by atoms with Crippen LogP contribution in [-0.2, 0) is 19.4 Å². The second kappa shape index (κ2) is 6.00. The lowest BCUT2D eigenvalue weighted by atomic mass is 10.1. The number of rotatable bonds is 5. The van der Waals surface area contributed by atoms with Gasteiger partial charge in [0.25, 0.3) is 0 Å². The van der Waals surface area contributed by atoms with Gasteiger partial charge in [0.05, 0.1) is 11.8 Å². The fourth-order valence-electron chi connectivity index (χ4n) is 2.59. The van der Waals surface area contributed by atoms with Gasteiger partial charge in [-0.05, 0) is 36.9 Å². The zero-order valence-electron chi connectivity index (χ0n) is 12.4. The van der Waals surface area contributed by atoms with Crippen LogP contribution >= 0.6 is 11.3 Å². The average Bonchev–Trinajstić information content (AvgIpc) is 3.10. The zero-order chi connectivity index (χ0) is 14.8. The van der Waals surface area contributed by atoms with Crippen LogP contribution in [0.15, 0.2) is 36.4 Å². The lowest BCUT2D eigenvalue weighted by Gasteiger charge is -2.09. The SMILES string of the molecule is CCc1cc(CC(O)c2cc3ccccc3s2)n(CC)n1. The van der Waals surface area contributed by atoms with E-state index in [-0.39, 0.29) is 0 Å². The number of nitrogens with zero attached hydrogens (tertiary/aromatic N) is 2. The van der Waals surface area contributed by atoms with Gasteiger partial charge in [-0.3, -0.25) is 4.68 Å². The van der Waals surface area contributed by atoms with E-state index >= 15 is 0 Å². The molecule has 3 aromatic rings. The predicted octanol–water partition coefficient (Wildman–Crippen LogP) is 3.96. The summed E-state index contributed by atoms with van der Waals surface area (Å²) in [6.07, 6.45) is 1.08. The maximum atomic E-state index is 10.5. The molecule has 21 heavy (non-hydrogen) atoms. The number of aliphatic hydroxyl groups excluding tert-OH is 1. The number of hydrogen-bond acceptors (Lipinski definition) is 3. The van der Waals surface area contributed by atoms with Gasteiger partial charge in [-0.2, -0.15) is 5.10 Å². The van der Waals surface area contributed by atoms with Crippen molar-refractivity contribution in [3.05, 3.63) is 52.7 Å². The number of hydrogen-bond donors (Lipinski definition) is 1. The van der Waals surface area contributed by atoms with Gasteiger partial charge in [-0.1, -0.05) is 25.1 Å². The van der Waals surface area contributed by atoms with E-state index in [0.29, 0.717) is 6.42 Å². The Morgan fingerprint density at radius 3 is 2.76 bits per heavy atom. The third-order valence-electron chi connectivity index (χ3n) is 3.75. The molecule has 2 heterocycles. The first kappa shape index (κ1) is 14.3. The smallest absolute Gasteiger partial charge is 0.0937 e. The summed E-state index contributed by atoms with van der Waals surface area (Å²) in [6.45, 7) is 5.03. The highest BCUT2D eigenvalue weighted by molar-refractivity contribution is 7.19. The molecule has 2 aromatic heterocycles. The predicted molar refractivity (Wildman–Crippen MR) is 87.8 cm³/mol. The molecule has 1 atom stereocenters. The first-order valence-corrected chi connectivity index (χ1v) is 8.25. The average molecular weight is 300 g/mol. The number of aromatic nitrogens is 2. The Morgan fingerprint density at radius 1 is 1.24 bits per heavy atom. The minimum atomic E-state index is -0.464. The van der Waals surface area contributed by atoms with E-state index in [1.807, 2.05) is 16.8 Å². The van der Waals surface area contributed by atoms with Crippen molar-refractivity contribution in [2.24, 2.45) is 0 Å². The fourth-order valence-corrected chi connectivity index (χ4v) is 3.64. The molecule has 0 saturated carbocycles. The molecule has 0 fully saturated rings. The Hall–Kier alpha value is -1.65. The first-order valence-electron chi connectivity index (χ1n) is 7.43. The molecular formula is C17H20N2OS. The lowest BCUT2D eigenvalue weighted by Crippen LogP contribution is -2.07. The van der Waals surface area contributed by atoms with Gasteiger partial charge in [0.15, 0.2) is 0 Å². The summed E-state index contributed by atoms with van der Waals surface area (Å²) >= 11 is 1.67. The van der Waals surface area contributed by atoms with Gasteiger partial charge >= 0.3 is 0 Å². The van der Waals surface area contributed by atoms with Gasteiger partial charge in [0.2, 0.25) is 0 Å². The summed E-state index contributed by atoms with van der Waals surface area (Å²) in [7, 11) is 0. The zero-order valence-corrected chi connectivity index (χ0v) is 13.2. The van der Waals surface area contributed by atoms with E-state index in [2.05, 4.69) is 43.2 Å². The molecule has 110 valence electrons. The highest BCUT2D eigenvalue weighted by Gasteiger charge is 2.15. The van der Waals surface area contributed by atoms with Crippen LogP contribution in [0, 0.1) is 0 Å². The molecule has 0 aliphatic rings. The Balaban J connectivity index is 1.85. The van der Waals surface area contributed by atoms with Crippen LogP contribution < -0.4 is 0 Å². The van der Waals surface area contributed by atoms with Crippen molar-refractivity contribution in [2.45, 2.75) is 39.3 Å². The summed E-state index contributed by atoms with van der Waals surface area (Å²) in [5.74, 6) is 0. The van der Waals surface area contributed by atoms with E-state index in [4.69, 9.17) is 0 Å². The minimum Gasteiger partial charge on any atom is -0.387 e. The van der Waals surface area contributed by atoms with Crippen molar-refractivity contribution < 1.29 is 5.11 Å². The molecule has 0 aliphatic heterocycles. The maximum Gasteiger partial charge on any atom is 0.0937 e. The van der Waals surface area contributed by atoms with Crippen LogP contribution in [0.5, 0.6) is 0 Å². The maximum absolute atomic E-state index is 10.5. The van der Waals surface area contributed by atoms with Gasteiger partial charge in [0, 0.05) is 28.2 Å². The van der Waals surface area contributed by atoms with Crippen molar-refractivity contribution in [3.8, 4) is 0 Å². The van der Waals surface area contributed by atoms with Gasteiger partial charge in [-0.15, -0.1) is 11.3 Å². The van der Waals surface area contributed by atoms with Crippen LogP contribution in [0.2, 0.25) is 0 Å². The summed E-state index contributed by atoms with van der Waals surface area (Å²) in [6, 6.07) is 12.5. The molecular weight excluding hydrogens is 280 g/mol. The number of benzene rings is 1. The third-order valence-corrected chi connectivity index (χ3v) is 4.97. The van der Waals surface area contributed by atoms with Crippen LogP contribution in [0.4, 0.5) is 0 Å². The molecule has 3 rings (SSSR count). The van der Waals surface area contributed by atoms with Gasteiger partial charge < -0.3 is 5.11 Å². The normalized spacial score (nSPS) is 12.9. The van der Waals surface area contributed by atoms with Crippen LogP contribution in [0.3, 0.4) is 0 Å². The molecule has 4 heteroatoms. The summed E-state index contributed by atoms with van der Waals surface area (Å²) in [5, 5.41) is 16.3. The summed E-state index contributed by atoms with van der Waals surface area (Å²) < 4.78 is 3.22. The molecule has 0 bridgehead atoms. The molecule has 1 aromatic carbocycles. The van der Waals surface area contributed by atoms with Crippen molar-refractivity contribution in [2.75, 3.05) is 0 Å². The Kier molecular flexibility index (Phi) is 4.08. The van der Waals surface area contributed by atoms with Crippen LogP contribution in [-0.4, -0.2) is 14.9 Å². The number of aliphatic hydroxyl groups is 1. The fraction of sp³-hybridized carbons (Fsp3) is 0.353. The van der Waals surface area contributed by atoms with Crippen LogP contribution in [0.1, 0.15) is 36.2 Å². The van der Waals surface area contributed by atoms with E-state index in [0.717, 1.165) is 29.2 Å². The summed E-state index contributed by atoms with van der Waals surface area (Å²) in [4.78, 5) is 1.03. The largest absolute Gasteiger partial charge is 0.387 e. The second-order valence-corrected chi connectivity index (χ2v) is 6.32. The molecule has 0 radical (unpaired) electrons. The Morgan fingerprint density at radius 2 is 2.05 bits per heavy atom. The Labute approximate surface area is 128 Å². The van der Waals surface area contributed by atoms with Crippen molar-refractivity contribution in [1.82, 2.24) is 9.78 Å². The minimum absolute atomic E-state index is 0.464. The topological polar surface area (TPSA) is 38.0 Å². The standard InChI is InChI=1S/C17H20N2OS/c1-3-13-10-14(19(4-2)18-13)11-15(20)17-9-12-7-5-6-8-16(12)21-17/h5-10,15,20H,3-4,11H2,1-2H3. The molecule has 0 saturated heterocycles. The van der Waals surface area contributed by atoms with Crippen LogP contribution in [0.25, 0.3) is 10.1 Å². The highest BCUT2D eigenvalue weighted by Crippen LogP contribution is 2.31. The summed E-state index contributed by atoms with van der Waals surface area (Å²) in [5.41, 5.74) is 2.20. The molecule has 0 spiro atoms. The number of fused-ring (bicyclic) bond motifs is 1. The third kappa shape index (κ3) is 2.87. The molecule has 1 unspecified atom stereocenters. The van der Waals surface area contributed by atoms with Gasteiger partial charge in [-0.25, -0.2) is 0 Å². The van der Waals surface area contributed by atoms with Crippen molar-refractivity contribution in [1.29, 1.82) is 0 Å². The molecule has 0 aliphatic carbocycles. The van der Waals surface area contributed by atoms with E-state index in [1.165, 1.54) is 10.1 Å². The number of thiophene rings is 1. The molecule has 3 nitrogen and oxygen atoms in total. The van der Waals surface area contributed by atoms with Gasteiger partial charge in [0.1, 0.15) is 0 Å². The lowest BCUT2D eigenvalue weighted by molar-refractivity contribution is 0.179. The second-order valence-electron chi connectivity index (χ2n) is 5.20. The monoisotopic (exact) mass is 300 g/mol. The first-order chi connectivity index (χ1) is 10.2. The van der Waals surface area contributed by atoms with E-state index < -0.39 is 6.10 Å². The quantitative estimate of drug-likeness (QED) is 0.774. The van der Waals surface area contributed by atoms with Crippen molar-refractivity contribution in [3.63, 3.8) is 0 Å². The molecule has 0 amide bonds.